The zero-order valence-corrected chi connectivity index (χ0v) is 13.4. The van der Waals surface area contributed by atoms with E-state index >= 15 is 0 Å². The number of esters is 1. The highest BCUT2D eigenvalue weighted by Crippen LogP contribution is 2.25. The van der Waals surface area contributed by atoms with Crippen molar-refractivity contribution in [2.24, 2.45) is 0 Å². The summed E-state index contributed by atoms with van der Waals surface area (Å²) in [6, 6.07) is 3.21. The van der Waals surface area contributed by atoms with Crippen LogP contribution in [0.25, 0.3) is 6.08 Å². The van der Waals surface area contributed by atoms with E-state index < -0.39 is 29.9 Å². The van der Waals surface area contributed by atoms with E-state index in [0.717, 1.165) is 19.8 Å². The Bertz CT molecular complexity index is 556. The molecule has 0 unspecified atom stereocenters. The molecule has 126 valence electrons. The van der Waals surface area contributed by atoms with Gasteiger partial charge in [0.2, 0.25) is 0 Å². The van der Waals surface area contributed by atoms with Crippen molar-refractivity contribution in [3.63, 3.8) is 0 Å². The SMILES string of the molecule is CCCCCCC(F)(F)OC(=O)C(=Cc1cccnc1)C(C)=O. The quantitative estimate of drug-likeness (QED) is 0.225. The maximum Gasteiger partial charge on any atom is 0.400 e. The van der Waals surface area contributed by atoms with E-state index in [-0.39, 0.29) is 6.42 Å². The number of Topliss-reactive ketones (excluding diaryl/α,β-unsaturated/α-hetero) is 1. The van der Waals surface area contributed by atoms with Crippen molar-refractivity contribution in [2.45, 2.75) is 52.1 Å². The second kappa shape index (κ2) is 9.12. The van der Waals surface area contributed by atoms with E-state index in [1.807, 2.05) is 6.92 Å². The van der Waals surface area contributed by atoms with Gasteiger partial charge in [0.05, 0.1) is 6.42 Å². The van der Waals surface area contributed by atoms with Crippen LogP contribution in [0.2, 0.25) is 0 Å². The Kier molecular flexibility index (Phi) is 7.51. The monoisotopic (exact) mass is 325 g/mol. The fraction of sp³-hybridized carbons (Fsp3) is 0.471. The van der Waals surface area contributed by atoms with E-state index in [1.165, 1.54) is 18.5 Å². The molecular weight excluding hydrogens is 304 g/mol. The third-order valence-corrected chi connectivity index (χ3v) is 3.16. The molecule has 0 aromatic carbocycles. The van der Waals surface area contributed by atoms with Crippen LogP contribution in [0.15, 0.2) is 30.1 Å². The summed E-state index contributed by atoms with van der Waals surface area (Å²) in [4.78, 5) is 27.3. The summed E-state index contributed by atoms with van der Waals surface area (Å²) < 4.78 is 31.6. The van der Waals surface area contributed by atoms with Gasteiger partial charge in [0.1, 0.15) is 5.57 Å². The molecule has 0 aliphatic heterocycles. The molecule has 0 aliphatic rings. The minimum Gasteiger partial charge on any atom is -0.397 e. The molecule has 0 spiro atoms. The molecule has 0 saturated heterocycles. The Morgan fingerprint density at radius 2 is 2.04 bits per heavy atom. The normalized spacial score (nSPS) is 12.1. The van der Waals surface area contributed by atoms with E-state index in [9.17, 15) is 18.4 Å². The van der Waals surface area contributed by atoms with Crippen LogP contribution in [0.5, 0.6) is 0 Å². The van der Waals surface area contributed by atoms with Gasteiger partial charge in [-0.1, -0.05) is 32.3 Å². The first kappa shape index (κ1) is 18.9. The summed E-state index contributed by atoms with van der Waals surface area (Å²) in [5.41, 5.74) is 0.0344. The average molecular weight is 325 g/mol. The van der Waals surface area contributed by atoms with Crippen LogP contribution >= 0.6 is 0 Å². The van der Waals surface area contributed by atoms with Crippen LogP contribution in [0, 0.1) is 0 Å². The second-order valence-electron chi connectivity index (χ2n) is 5.24. The molecule has 0 bridgehead atoms. The number of hydrogen-bond acceptors (Lipinski definition) is 4. The molecule has 0 N–H and O–H groups in total. The lowest BCUT2D eigenvalue weighted by atomic mass is 10.1. The van der Waals surface area contributed by atoms with Crippen LogP contribution in [-0.2, 0) is 14.3 Å². The summed E-state index contributed by atoms with van der Waals surface area (Å²) in [5, 5.41) is 0. The minimum absolute atomic E-state index is 0.260. The maximum atomic E-state index is 13.7. The van der Waals surface area contributed by atoms with E-state index in [4.69, 9.17) is 0 Å². The standard InChI is InChI=1S/C17H21F2NO3/c1-3-4-5-6-9-17(18,19)23-16(22)15(13(2)21)11-14-8-7-10-20-12-14/h7-8,10-12H,3-6,9H2,1-2H3. The van der Waals surface area contributed by atoms with Crippen molar-refractivity contribution in [3.8, 4) is 0 Å². The fourth-order valence-corrected chi connectivity index (χ4v) is 1.93. The summed E-state index contributed by atoms with van der Waals surface area (Å²) in [6.45, 7) is 3.10. The zero-order valence-electron chi connectivity index (χ0n) is 13.4. The fourth-order valence-electron chi connectivity index (χ4n) is 1.93. The highest BCUT2D eigenvalue weighted by atomic mass is 19.3. The Morgan fingerprint density at radius 3 is 2.61 bits per heavy atom. The Labute approximate surface area is 134 Å². The van der Waals surface area contributed by atoms with E-state index in [0.29, 0.717) is 12.0 Å². The Balaban J connectivity index is 2.75. The first-order chi connectivity index (χ1) is 10.9. The van der Waals surface area contributed by atoms with Crippen LogP contribution < -0.4 is 0 Å². The molecule has 0 fully saturated rings. The van der Waals surface area contributed by atoms with Gasteiger partial charge in [0.15, 0.2) is 5.78 Å². The van der Waals surface area contributed by atoms with Gasteiger partial charge in [-0.2, -0.15) is 8.78 Å². The smallest absolute Gasteiger partial charge is 0.397 e. The van der Waals surface area contributed by atoms with Crippen LogP contribution in [0.3, 0.4) is 0 Å². The number of rotatable bonds is 9. The molecule has 0 radical (unpaired) electrons. The van der Waals surface area contributed by atoms with Crippen molar-refractivity contribution < 1.29 is 23.1 Å². The molecule has 0 saturated carbocycles. The van der Waals surface area contributed by atoms with Gasteiger partial charge >= 0.3 is 12.1 Å². The van der Waals surface area contributed by atoms with Crippen LogP contribution in [0.4, 0.5) is 8.78 Å². The molecule has 1 aromatic rings. The van der Waals surface area contributed by atoms with Gasteiger partial charge in [-0.15, -0.1) is 0 Å². The van der Waals surface area contributed by atoms with Crippen molar-refractivity contribution in [1.29, 1.82) is 0 Å². The number of pyridine rings is 1. The largest absolute Gasteiger partial charge is 0.400 e. The van der Waals surface area contributed by atoms with Gasteiger partial charge < -0.3 is 4.74 Å². The predicted molar refractivity (Wildman–Crippen MR) is 82.7 cm³/mol. The van der Waals surface area contributed by atoms with Gasteiger partial charge in [-0.05, 0) is 31.1 Å². The summed E-state index contributed by atoms with van der Waals surface area (Å²) in [7, 11) is 0. The molecule has 1 heterocycles. The lowest BCUT2D eigenvalue weighted by Crippen LogP contribution is -2.27. The topological polar surface area (TPSA) is 56.3 Å². The van der Waals surface area contributed by atoms with Crippen LogP contribution in [-0.4, -0.2) is 22.8 Å². The minimum atomic E-state index is -3.58. The number of ketones is 1. The number of unbranched alkanes of at least 4 members (excludes halogenated alkanes) is 3. The van der Waals surface area contributed by atoms with Crippen LogP contribution in [0.1, 0.15) is 51.5 Å². The lowest BCUT2D eigenvalue weighted by Gasteiger charge is -2.17. The van der Waals surface area contributed by atoms with Crippen molar-refractivity contribution in [3.05, 3.63) is 35.7 Å². The molecule has 6 heteroatoms. The zero-order chi connectivity index (χ0) is 17.3. The molecule has 4 nitrogen and oxygen atoms in total. The third kappa shape index (κ3) is 7.13. The molecule has 23 heavy (non-hydrogen) atoms. The molecule has 0 atom stereocenters. The average Bonchev–Trinajstić information content (AvgIpc) is 2.49. The number of halogens is 2. The lowest BCUT2D eigenvalue weighted by molar-refractivity contribution is -0.232. The number of carbonyl (C=O) groups is 2. The first-order valence-electron chi connectivity index (χ1n) is 7.59. The van der Waals surface area contributed by atoms with Crippen molar-refractivity contribution >= 4 is 17.8 Å². The first-order valence-corrected chi connectivity index (χ1v) is 7.59. The molecule has 0 aliphatic carbocycles. The number of aromatic nitrogens is 1. The Hall–Kier alpha value is -2.11. The number of carbonyl (C=O) groups excluding carboxylic acids is 2. The van der Waals surface area contributed by atoms with Crippen molar-refractivity contribution in [2.75, 3.05) is 0 Å². The number of ether oxygens (including phenoxy) is 1. The number of nitrogens with zero attached hydrogens (tertiary/aromatic N) is 1. The van der Waals surface area contributed by atoms with E-state index in [1.54, 1.807) is 12.1 Å². The number of hydrogen-bond donors (Lipinski definition) is 0. The molecule has 1 rings (SSSR count). The highest BCUT2D eigenvalue weighted by molar-refractivity contribution is 6.19. The summed E-state index contributed by atoms with van der Waals surface area (Å²) in [6.07, 6.45) is 2.70. The third-order valence-electron chi connectivity index (χ3n) is 3.16. The van der Waals surface area contributed by atoms with Gasteiger partial charge in [-0.3, -0.25) is 9.78 Å². The van der Waals surface area contributed by atoms with Gasteiger partial charge in [-0.25, -0.2) is 4.79 Å². The summed E-state index contributed by atoms with van der Waals surface area (Å²) >= 11 is 0. The summed E-state index contributed by atoms with van der Waals surface area (Å²) in [5.74, 6) is -1.96. The second-order valence-corrected chi connectivity index (χ2v) is 5.24. The van der Waals surface area contributed by atoms with E-state index in [2.05, 4.69) is 9.72 Å². The maximum absolute atomic E-state index is 13.7. The molecule has 1 aromatic heterocycles. The van der Waals surface area contributed by atoms with Gasteiger partial charge in [0, 0.05) is 12.4 Å². The highest BCUT2D eigenvalue weighted by Gasteiger charge is 2.35. The van der Waals surface area contributed by atoms with Crippen molar-refractivity contribution in [1.82, 2.24) is 4.98 Å². The molecule has 0 amide bonds. The predicted octanol–water partition coefficient (Wildman–Crippen LogP) is 4.16. The van der Waals surface area contributed by atoms with Gasteiger partial charge in [0.25, 0.3) is 0 Å². The number of alkyl halides is 2. The molecular formula is C17H21F2NO3. The Morgan fingerprint density at radius 1 is 1.30 bits per heavy atom.